The maximum Gasteiger partial charge on any atom is 0.263 e. The fraction of sp³-hybridized carbons (Fsp3) is 0.267. The highest BCUT2D eigenvalue weighted by molar-refractivity contribution is 7.92. The van der Waals surface area contributed by atoms with Gasteiger partial charge in [0, 0.05) is 12.2 Å². The predicted molar refractivity (Wildman–Crippen MR) is 83.6 cm³/mol. The van der Waals surface area contributed by atoms with Crippen molar-refractivity contribution in [1.29, 1.82) is 0 Å². The van der Waals surface area contributed by atoms with Crippen LogP contribution in [0.5, 0.6) is 0 Å². The Labute approximate surface area is 125 Å². The van der Waals surface area contributed by atoms with E-state index in [9.17, 15) is 8.42 Å². The quantitative estimate of drug-likeness (QED) is 0.907. The van der Waals surface area contributed by atoms with Crippen LogP contribution in [-0.2, 0) is 16.6 Å². The lowest BCUT2D eigenvalue weighted by molar-refractivity contribution is 0.600. The van der Waals surface area contributed by atoms with E-state index in [2.05, 4.69) is 9.71 Å². The molecule has 0 spiro atoms. The fourth-order valence-corrected chi connectivity index (χ4v) is 3.45. The molecule has 1 heterocycles. The van der Waals surface area contributed by atoms with Gasteiger partial charge in [-0.05, 0) is 55.7 Å². The van der Waals surface area contributed by atoms with Crippen molar-refractivity contribution in [3.8, 4) is 0 Å². The van der Waals surface area contributed by atoms with Crippen LogP contribution in [0.3, 0.4) is 0 Å². The summed E-state index contributed by atoms with van der Waals surface area (Å²) in [5, 5.41) is 0. The summed E-state index contributed by atoms with van der Waals surface area (Å²) >= 11 is 0. The third-order valence-electron chi connectivity index (χ3n) is 3.10. The summed E-state index contributed by atoms with van der Waals surface area (Å²) in [5.41, 5.74) is 8.84. The molecule has 21 heavy (non-hydrogen) atoms. The van der Waals surface area contributed by atoms with Crippen molar-refractivity contribution in [1.82, 2.24) is 4.98 Å². The first-order valence-corrected chi connectivity index (χ1v) is 8.08. The molecule has 5 nitrogen and oxygen atoms in total. The molecule has 1 aromatic heterocycles. The Bertz CT molecular complexity index is 750. The minimum Gasteiger partial charge on any atom is -0.326 e. The van der Waals surface area contributed by atoms with Crippen molar-refractivity contribution in [2.45, 2.75) is 32.2 Å². The Morgan fingerprint density at radius 2 is 1.86 bits per heavy atom. The van der Waals surface area contributed by atoms with E-state index in [4.69, 9.17) is 5.73 Å². The number of pyridine rings is 1. The molecule has 112 valence electrons. The van der Waals surface area contributed by atoms with Crippen LogP contribution in [-0.4, -0.2) is 13.4 Å². The third kappa shape index (κ3) is 3.59. The average molecular weight is 305 g/mol. The van der Waals surface area contributed by atoms with Crippen molar-refractivity contribution >= 4 is 15.8 Å². The Hall–Kier alpha value is -1.92. The van der Waals surface area contributed by atoms with E-state index in [1.807, 2.05) is 19.9 Å². The molecular formula is C15H19N3O2S. The number of hydrogen-bond donors (Lipinski definition) is 2. The van der Waals surface area contributed by atoms with Crippen molar-refractivity contribution in [2.24, 2.45) is 5.73 Å². The Kier molecular flexibility index (Phi) is 4.29. The summed E-state index contributed by atoms with van der Waals surface area (Å²) < 4.78 is 27.4. The number of sulfonamides is 1. The molecule has 2 aromatic rings. The van der Waals surface area contributed by atoms with Crippen LogP contribution in [0.25, 0.3) is 0 Å². The maximum atomic E-state index is 12.5. The smallest absolute Gasteiger partial charge is 0.263 e. The molecule has 0 saturated carbocycles. The topological polar surface area (TPSA) is 85.1 Å². The highest BCUT2D eigenvalue weighted by Gasteiger charge is 2.17. The number of nitrogens with zero attached hydrogens (tertiary/aromatic N) is 1. The molecular weight excluding hydrogens is 286 g/mol. The number of nitrogens with one attached hydrogen (secondary N) is 1. The van der Waals surface area contributed by atoms with Gasteiger partial charge in [-0.1, -0.05) is 12.1 Å². The van der Waals surface area contributed by atoms with Crippen LogP contribution >= 0.6 is 0 Å². The lowest BCUT2D eigenvalue weighted by atomic mass is 10.1. The molecule has 0 unspecified atom stereocenters. The molecule has 0 aliphatic carbocycles. The van der Waals surface area contributed by atoms with Gasteiger partial charge in [0.05, 0.1) is 4.90 Å². The maximum absolute atomic E-state index is 12.5. The number of rotatable bonds is 4. The molecule has 0 atom stereocenters. The largest absolute Gasteiger partial charge is 0.326 e. The molecule has 0 amide bonds. The monoisotopic (exact) mass is 305 g/mol. The number of nitrogens with two attached hydrogens (primary N) is 1. The second kappa shape index (κ2) is 5.83. The van der Waals surface area contributed by atoms with E-state index in [1.54, 1.807) is 31.2 Å². The number of aromatic nitrogens is 1. The molecule has 0 aliphatic rings. The van der Waals surface area contributed by atoms with Gasteiger partial charge in [-0.3, -0.25) is 4.72 Å². The predicted octanol–water partition coefficient (Wildman–Crippen LogP) is 2.27. The van der Waals surface area contributed by atoms with E-state index in [1.165, 1.54) is 0 Å². The zero-order valence-corrected chi connectivity index (χ0v) is 13.2. The van der Waals surface area contributed by atoms with Gasteiger partial charge < -0.3 is 5.73 Å². The van der Waals surface area contributed by atoms with Gasteiger partial charge in [-0.25, -0.2) is 13.4 Å². The minimum absolute atomic E-state index is 0.237. The van der Waals surface area contributed by atoms with Crippen LogP contribution in [0, 0.1) is 20.8 Å². The molecule has 3 N–H and O–H groups in total. The highest BCUT2D eigenvalue weighted by Crippen LogP contribution is 2.20. The second-order valence-corrected chi connectivity index (χ2v) is 6.73. The first kappa shape index (κ1) is 15.5. The Balaban J connectivity index is 2.38. The second-order valence-electron chi connectivity index (χ2n) is 5.08. The van der Waals surface area contributed by atoms with Gasteiger partial charge in [0.15, 0.2) is 0 Å². The average Bonchev–Trinajstić information content (AvgIpc) is 2.36. The molecule has 0 fully saturated rings. The fourth-order valence-electron chi connectivity index (χ4n) is 2.23. The van der Waals surface area contributed by atoms with Crippen molar-refractivity contribution in [3.63, 3.8) is 0 Å². The van der Waals surface area contributed by atoms with Crippen LogP contribution in [0.1, 0.15) is 22.4 Å². The normalized spacial score (nSPS) is 11.4. The first-order valence-electron chi connectivity index (χ1n) is 6.59. The standard InChI is InChI=1S/C15H19N3O2S/c1-10-6-12(3)17-15(7-10)18-21(19,20)14-5-4-13(9-16)8-11(14)2/h4-8H,9,16H2,1-3H3,(H,17,18). The van der Waals surface area contributed by atoms with Crippen molar-refractivity contribution in [3.05, 3.63) is 52.7 Å². The van der Waals surface area contributed by atoms with Gasteiger partial charge >= 0.3 is 0 Å². The zero-order valence-electron chi connectivity index (χ0n) is 12.3. The third-order valence-corrected chi connectivity index (χ3v) is 4.62. The van der Waals surface area contributed by atoms with Crippen LogP contribution in [0.4, 0.5) is 5.82 Å². The zero-order chi connectivity index (χ0) is 15.6. The number of benzene rings is 1. The van der Waals surface area contributed by atoms with E-state index < -0.39 is 10.0 Å². The molecule has 0 aliphatic heterocycles. The van der Waals surface area contributed by atoms with Crippen LogP contribution < -0.4 is 10.5 Å². The summed E-state index contributed by atoms with van der Waals surface area (Å²) in [6.07, 6.45) is 0. The Morgan fingerprint density at radius 3 is 2.43 bits per heavy atom. The summed E-state index contributed by atoms with van der Waals surface area (Å²) in [6, 6.07) is 8.66. The van der Waals surface area contributed by atoms with Crippen LogP contribution in [0.15, 0.2) is 35.2 Å². The van der Waals surface area contributed by atoms with E-state index in [-0.39, 0.29) is 4.90 Å². The lowest BCUT2D eigenvalue weighted by Crippen LogP contribution is -2.16. The van der Waals surface area contributed by atoms with Gasteiger partial charge in [-0.2, -0.15) is 0 Å². The lowest BCUT2D eigenvalue weighted by Gasteiger charge is -2.11. The summed E-state index contributed by atoms with van der Waals surface area (Å²) in [7, 11) is -3.66. The van der Waals surface area contributed by atoms with Gasteiger partial charge in [0.2, 0.25) is 0 Å². The summed E-state index contributed by atoms with van der Waals surface area (Å²) in [4.78, 5) is 4.43. The summed E-state index contributed by atoms with van der Waals surface area (Å²) in [6.45, 7) is 5.86. The molecule has 0 saturated heterocycles. The Morgan fingerprint density at radius 1 is 1.14 bits per heavy atom. The molecule has 2 rings (SSSR count). The minimum atomic E-state index is -3.66. The number of aryl methyl sites for hydroxylation is 3. The number of hydrogen-bond acceptors (Lipinski definition) is 4. The summed E-state index contributed by atoms with van der Waals surface area (Å²) in [5.74, 6) is 0.329. The van der Waals surface area contributed by atoms with Crippen molar-refractivity contribution < 1.29 is 8.42 Å². The molecule has 1 aromatic carbocycles. The molecule has 0 bridgehead atoms. The van der Waals surface area contributed by atoms with E-state index in [0.29, 0.717) is 17.9 Å². The van der Waals surface area contributed by atoms with Gasteiger partial charge in [-0.15, -0.1) is 0 Å². The van der Waals surface area contributed by atoms with Crippen LogP contribution in [0.2, 0.25) is 0 Å². The highest BCUT2D eigenvalue weighted by atomic mass is 32.2. The van der Waals surface area contributed by atoms with Gasteiger partial charge in [0.25, 0.3) is 10.0 Å². The molecule has 0 radical (unpaired) electrons. The number of anilines is 1. The first-order chi connectivity index (χ1) is 9.81. The van der Waals surface area contributed by atoms with E-state index >= 15 is 0 Å². The molecule has 6 heteroatoms. The van der Waals surface area contributed by atoms with E-state index in [0.717, 1.165) is 16.8 Å². The van der Waals surface area contributed by atoms with Gasteiger partial charge in [0.1, 0.15) is 5.82 Å². The van der Waals surface area contributed by atoms with Crippen molar-refractivity contribution in [2.75, 3.05) is 4.72 Å². The SMILES string of the molecule is Cc1cc(C)nc(NS(=O)(=O)c2ccc(CN)cc2C)c1.